The Morgan fingerprint density at radius 1 is 1.07 bits per heavy atom. The molecule has 0 unspecified atom stereocenters. The van der Waals surface area contributed by atoms with Crippen molar-refractivity contribution in [3.05, 3.63) is 30.4 Å². The Bertz CT molecular complexity index is 875. The van der Waals surface area contributed by atoms with Crippen LogP contribution < -0.4 is 4.90 Å². The predicted octanol–water partition coefficient (Wildman–Crippen LogP) is 0.918. The SMILES string of the molecule is Cc1ccn(-c2cc(N3CCN(CC4CCS(=O)(=O)CC4)CC3)ncn2)n1. The first-order chi connectivity index (χ1) is 13.0. The highest BCUT2D eigenvalue weighted by Crippen LogP contribution is 2.22. The lowest BCUT2D eigenvalue weighted by Crippen LogP contribution is -2.48. The molecule has 2 aromatic heterocycles. The minimum absolute atomic E-state index is 0.355. The van der Waals surface area contributed by atoms with Gasteiger partial charge < -0.3 is 4.90 Å². The van der Waals surface area contributed by atoms with Crippen LogP contribution in [0.15, 0.2) is 24.7 Å². The summed E-state index contributed by atoms with van der Waals surface area (Å²) in [5.41, 5.74) is 0.958. The van der Waals surface area contributed by atoms with Crippen molar-refractivity contribution in [2.75, 3.05) is 49.1 Å². The first-order valence-electron chi connectivity index (χ1n) is 9.51. The van der Waals surface area contributed by atoms with Crippen LogP contribution in [0.1, 0.15) is 18.5 Å². The number of aryl methyl sites for hydroxylation is 1. The van der Waals surface area contributed by atoms with E-state index in [0.29, 0.717) is 17.4 Å². The number of nitrogens with zero attached hydrogens (tertiary/aromatic N) is 6. The molecule has 0 amide bonds. The summed E-state index contributed by atoms with van der Waals surface area (Å²) in [7, 11) is -2.77. The van der Waals surface area contributed by atoms with Gasteiger partial charge >= 0.3 is 0 Å². The lowest BCUT2D eigenvalue weighted by molar-refractivity contribution is 0.211. The molecule has 0 bridgehead atoms. The Morgan fingerprint density at radius 2 is 1.78 bits per heavy atom. The van der Waals surface area contributed by atoms with Crippen molar-refractivity contribution in [1.29, 1.82) is 0 Å². The summed E-state index contributed by atoms with van der Waals surface area (Å²) < 4.78 is 24.9. The van der Waals surface area contributed by atoms with Crippen molar-refractivity contribution in [2.45, 2.75) is 19.8 Å². The maximum absolute atomic E-state index is 11.6. The third kappa shape index (κ3) is 4.47. The maximum atomic E-state index is 11.6. The van der Waals surface area contributed by atoms with E-state index in [1.54, 1.807) is 11.0 Å². The van der Waals surface area contributed by atoms with Gasteiger partial charge in [-0.1, -0.05) is 0 Å². The lowest BCUT2D eigenvalue weighted by atomic mass is 10.0. The zero-order valence-corrected chi connectivity index (χ0v) is 16.5. The summed E-state index contributed by atoms with van der Waals surface area (Å²) >= 11 is 0. The second kappa shape index (κ2) is 7.55. The molecule has 4 heterocycles. The summed E-state index contributed by atoms with van der Waals surface area (Å²) in [5.74, 6) is 2.92. The number of hydrogen-bond acceptors (Lipinski definition) is 7. The molecule has 2 fully saturated rings. The molecule has 27 heavy (non-hydrogen) atoms. The molecular weight excluding hydrogens is 364 g/mol. The van der Waals surface area contributed by atoms with E-state index in [-0.39, 0.29) is 0 Å². The summed E-state index contributed by atoms with van der Waals surface area (Å²) in [5, 5.41) is 4.41. The van der Waals surface area contributed by atoms with E-state index in [2.05, 4.69) is 24.9 Å². The fourth-order valence-corrected chi connectivity index (χ4v) is 5.41. The van der Waals surface area contributed by atoms with Crippen LogP contribution in [0.5, 0.6) is 0 Å². The molecule has 0 aromatic carbocycles. The third-order valence-electron chi connectivity index (χ3n) is 5.48. The van der Waals surface area contributed by atoms with Gasteiger partial charge in [-0.2, -0.15) is 5.10 Å². The van der Waals surface area contributed by atoms with E-state index in [1.807, 2.05) is 25.3 Å². The lowest BCUT2D eigenvalue weighted by Gasteiger charge is -2.37. The van der Waals surface area contributed by atoms with E-state index in [1.165, 1.54) is 0 Å². The zero-order chi connectivity index (χ0) is 18.9. The number of rotatable bonds is 4. The van der Waals surface area contributed by atoms with Crippen LogP contribution in [0.2, 0.25) is 0 Å². The van der Waals surface area contributed by atoms with Crippen molar-refractivity contribution in [3.63, 3.8) is 0 Å². The standard InChI is InChI=1S/C18H26N6O2S/c1-15-2-5-24(21-15)18-12-17(19-14-20-18)23-8-6-22(7-9-23)13-16-3-10-27(25,26)11-4-16/h2,5,12,14,16H,3-4,6-11,13H2,1H3. The van der Waals surface area contributed by atoms with E-state index in [0.717, 1.165) is 62.9 Å². The molecule has 2 aromatic rings. The van der Waals surface area contributed by atoms with Crippen molar-refractivity contribution in [2.24, 2.45) is 5.92 Å². The Labute approximate surface area is 160 Å². The van der Waals surface area contributed by atoms with Crippen LogP contribution >= 0.6 is 0 Å². The number of aromatic nitrogens is 4. The molecule has 146 valence electrons. The molecule has 0 N–H and O–H groups in total. The van der Waals surface area contributed by atoms with E-state index in [4.69, 9.17) is 0 Å². The van der Waals surface area contributed by atoms with Crippen LogP contribution in [-0.2, 0) is 9.84 Å². The highest BCUT2D eigenvalue weighted by atomic mass is 32.2. The average molecular weight is 391 g/mol. The smallest absolute Gasteiger partial charge is 0.158 e. The van der Waals surface area contributed by atoms with Crippen LogP contribution in [0.4, 0.5) is 5.82 Å². The van der Waals surface area contributed by atoms with Gasteiger partial charge in [0.05, 0.1) is 17.2 Å². The highest BCUT2D eigenvalue weighted by Gasteiger charge is 2.27. The zero-order valence-electron chi connectivity index (χ0n) is 15.7. The Balaban J connectivity index is 1.33. The van der Waals surface area contributed by atoms with Crippen LogP contribution in [0, 0.1) is 12.8 Å². The van der Waals surface area contributed by atoms with Crippen molar-refractivity contribution in [3.8, 4) is 5.82 Å². The van der Waals surface area contributed by atoms with E-state index >= 15 is 0 Å². The molecule has 8 nitrogen and oxygen atoms in total. The minimum atomic E-state index is -2.77. The fraction of sp³-hybridized carbons (Fsp3) is 0.611. The fourth-order valence-electron chi connectivity index (χ4n) is 3.82. The molecule has 4 rings (SSSR count). The molecule has 0 aliphatic carbocycles. The summed E-state index contributed by atoms with van der Waals surface area (Å²) in [6.07, 6.45) is 5.11. The molecule has 0 radical (unpaired) electrons. The summed E-state index contributed by atoms with van der Waals surface area (Å²) in [6.45, 7) is 6.75. The van der Waals surface area contributed by atoms with Crippen LogP contribution in [0.25, 0.3) is 5.82 Å². The predicted molar refractivity (Wildman–Crippen MR) is 104 cm³/mol. The van der Waals surface area contributed by atoms with Gasteiger partial charge in [0, 0.05) is 45.0 Å². The molecular formula is C18H26N6O2S. The van der Waals surface area contributed by atoms with Gasteiger partial charge in [-0.3, -0.25) is 4.90 Å². The largest absolute Gasteiger partial charge is 0.354 e. The van der Waals surface area contributed by atoms with Gasteiger partial charge in [0.1, 0.15) is 22.0 Å². The molecule has 0 atom stereocenters. The molecule has 2 aliphatic heterocycles. The second-order valence-electron chi connectivity index (χ2n) is 7.52. The molecule has 9 heteroatoms. The average Bonchev–Trinajstić information content (AvgIpc) is 3.11. The first kappa shape index (κ1) is 18.4. The highest BCUT2D eigenvalue weighted by molar-refractivity contribution is 7.91. The Hall–Kier alpha value is -2.00. The van der Waals surface area contributed by atoms with E-state index < -0.39 is 9.84 Å². The van der Waals surface area contributed by atoms with Gasteiger partial charge in [-0.15, -0.1) is 0 Å². The second-order valence-corrected chi connectivity index (χ2v) is 9.82. The minimum Gasteiger partial charge on any atom is -0.354 e. The van der Waals surface area contributed by atoms with Gasteiger partial charge in [0.15, 0.2) is 5.82 Å². The molecule has 2 aliphatic rings. The number of piperazine rings is 1. The number of hydrogen-bond donors (Lipinski definition) is 0. The van der Waals surface area contributed by atoms with Crippen molar-refractivity contribution < 1.29 is 8.42 Å². The Kier molecular flexibility index (Phi) is 5.14. The number of anilines is 1. The first-order valence-corrected chi connectivity index (χ1v) is 11.3. The monoisotopic (exact) mass is 390 g/mol. The van der Waals surface area contributed by atoms with Crippen molar-refractivity contribution >= 4 is 15.7 Å². The van der Waals surface area contributed by atoms with Crippen LogP contribution in [0.3, 0.4) is 0 Å². The van der Waals surface area contributed by atoms with Gasteiger partial charge in [0.2, 0.25) is 0 Å². The Morgan fingerprint density at radius 3 is 2.44 bits per heavy atom. The molecule has 0 spiro atoms. The van der Waals surface area contributed by atoms with Gasteiger partial charge in [0.25, 0.3) is 0 Å². The summed E-state index contributed by atoms with van der Waals surface area (Å²) in [6, 6.07) is 3.94. The quantitative estimate of drug-likeness (QED) is 0.767. The maximum Gasteiger partial charge on any atom is 0.158 e. The summed E-state index contributed by atoms with van der Waals surface area (Å²) in [4.78, 5) is 13.5. The topological polar surface area (TPSA) is 84.2 Å². The van der Waals surface area contributed by atoms with Crippen molar-refractivity contribution in [1.82, 2.24) is 24.6 Å². The van der Waals surface area contributed by atoms with E-state index in [9.17, 15) is 8.42 Å². The van der Waals surface area contributed by atoms with Gasteiger partial charge in [-0.05, 0) is 31.7 Å². The molecule has 0 saturated carbocycles. The number of sulfone groups is 1. The normalized spacial score (nSPS) is 21.4. The van der Waals surface area contributed by atoms with Crippen LogP contribution in [-0.4, -0.2) is 77.3 Å². The molecule has 2 saturated heterocycles. The van der Waals surface area contributed by atoms with Gasteiger partial charge in [-0.25, -0.2) is 23.1 Å². The third-order valence-corrected chi connectivity index (χ3v) is 7.20.